The maximum Gasteiger partial charge on any atom is 0.215 e. The lowest BCUT2D eigenvalue weighted by atomic mass is 9.90. The Hall–Kier alpha value is -2.79. The molecule has 24 heavy (non-hydrogen) atoms. The summed E-state index contributed by atoms with van der Waals surface area (Å²) >= 11 is 0. The molecule has 4 nitrogen and oxygen atoms in total. The van der Waals surface area contributed by atoms with Crippen LogP contribution in [-0.2, 0) is 14.2 Å². The quantitative estimate of drug-likeness (QED) is 0.802. The summed E-state index contributed by atoms with van der Waals surface area (Å²) in [7, 11) is 4.77. The van der Waals surface area contributed by atoms with Gasteiger partial charge in [0.15, 0.2) is 0 Å². The minimum atomic E-state index is -0.975. The Morgan fingerprint density at radius 3 is 2.67 bits per heavy atom. The van der Waals surface area contributed by atoms with Crippen LogP contribution in [0.1, 0.15) is 5.69 Å². The molecular weight excluding hydrogens is 302 g/mol. The second kappa shape index (κ2) is 8.74. The molecule has 0 bridgehead atoms. The first-order valence-corrected chi connectivity index (χ1v) is 7.38. The molecule has 2 atom stereocenters. The number of nitrogens with zero attached hydrogens (tertiary/aromatic N) is 1. The predicted octanol–water partition coefficient (Wildman–Crippen LogP) is 2.49. The van der Waals surface area contributed by atoms with Crippen LogP contribution in [0.5, 0.6) is 0 Å². The number of pyridine rings is 1. The van der Waals surface area contributed by atoms with Crippen molar-refractivity contribution in [2.45, 2.75) is 11.7 Å². The van der Waals surface area contributed by atoms with Gasteiger partial charge in [-0.3, -0.25) is 0 Å². The highest BCUT2D eigenvalue weighted by Gasteiger charge is 2.43. The first kappa shape index (κ1) is 17.6. The Bertz CT molecular complexity index is 757. The van der Waals surface area contributed by atoms with E-state index in [-0.39, 0.29) is 6.10 Å². The van der Waals surface area contributed by atoms with Crippen LogP contribution >= 0.6 is 0 Å². The van der Waals surface area contributed by atoms with Crippen molar-refractivity contribution in [3.63, 3.8) is 0 Å². The van der Waals surface area contributed by atoms with E-state index in [1.165, 1.54) is 0 Å². The summed E-state index contributed by atoms with van der Waals surface area (Å²) in [6.07, 6.45) is 10.2. The third-order valence-electron chi connectivity index (χ3n) is 3.47. The molecule has 0 amide bonds. The molecule has 0 spiro atoms. The van der Waals surface area contributed by atoms with Gasteiger partial charge in [0.1, 0.15) is 17.6 Å². The molecule has 0 fully saturated rings. The van der Waals surface area contributed by atoms with Crippen molar-refractivity contribution >= 4 is 0 Å². The normalized spacial score (nSPS) is 22.1. The van der Waals surface area contributed by atoms with E-state index in [1.54, 1.807) is 39.7 Å². The Balaban J connectivity index is 2.17. The van der Waals surface area contributed by atoms with Crippen molar-refractivity contribution in [3.8, 4) is 23.7 Å². The average Bonchev–Trinajstić information content (AvgIpc) is 2.65. The zero-order valence-electron chi connectivity index (χ0n) is 13.9. The molecule has 0 aliphatic heterocycles. The van der Waals surface area contributed by atoms with Gasteiger partial charge in [0.2, 0.25) is 5.60 Å². The number of methoxy groups -OCH3 is 3. The summed E-state index contributed by atoms with van der Waals surface area (Å²) in [5.41, 5.74) is -0.262. The van der Waals surface area contributed by atoms with Crippen molar-refractivity contribution in [1.29, 1.82) is 0 Å². The van der Waals surface area contributed by atoms with E-state index in [0.717, 1.165) is 0 Å². The number of ether oxygens (including phenoxy) is 3. The summed E-state index contributed by atoms with van der Waals surface area (Å²) in [4.78, 5) is 4.12. The Morgan fingerprint density at radius 2 is 2.00 bits per heavy atom. The Labute approximate surface area is 142 Å². The number of rotatable bonds is 3. The van der Waals surface area contributed by atoms with Crippen LogP contribution in [-0.4, -0.2) is 38.0 Å². The minimum Gasteiger partial charge on any atom is -0.497 e. The monoisotopic (exact) mass is 321 g/mol. The largest absolute Gasteiger partial charge is 0.497 e. The lowest BCUT2D eigenvalue weighted by Crippen LogP contribution is -2.46. The van der Waals surface area contributed by atoms with Gasteiger partial charge in [-0.2, -0.15) is 0 Å². The molecule has 0 saturated heterocycles. The maximum absolute atomic E-state index is 5.64. The third-order valence-corrected chi connectivity index (χ3v) is 3.47. The fourth-order valence-electron chi connectivity index (χ4n) is 2.29. The molecule has 1 aliphatic rings. The van der Waals surface area contributed by atoms with Crippen LogP contribution < -0.4 is 0 Å². The second-order valence-corrected chi connectivity index (χ2v) is 4.80. The van der Waals surface area contributed by atoms with Gasteiger partial charge in [-0.05, 0) is 36.3 Å². The van der Waals surface area contributed by atoms with E-state index in [2.05, 4.69) is 28.7 Å². The molecular formula is C20H19NO3. The van der Waals surface area contributed by atoms with Crippen molar-refractivity contribution in [2.75, 3.05) is 21.3 Å². The molecule has 1 aromatic heterocycles. The molecule has 2 rings (SSSR count). The molecule has 4 heteroatoms. The zero-order chi connectivity index (χ0) is 17.3. The van der Waals surface area contributed by atoms with Crippen LogP contribution in [0.3, 0.4) is 0 Å². The van der Waals surface area contributed by atoms with E-state index in [4.69, 9.17) is 14.2 Å². The van der Waals surface area contributed by atoms with Crippen LogP contribution in [0.2, 0.25) is 0 Å². The number of allylic oxidation sites excluding steroid dienone is 4. The number of hydrogen-bond donors (Lipinski definition) is 0. The summed E-state index contributed by atoms with van der Waals surface area (Å²) in [6, 6.07) is 5.59. The fraction of sp³-hybridized carbons (Fsp3) is 0.250. The van der Waals surface area contributed by atoms with Crippen molar-refractivity contribution in [3.05, 3.63) is 66.2 Å². The SMILES string of the molecule is COC1=CC=CC(OC)C1(C#C/C=C\C#Cc1ccccn1)OC. The van der Waals surface area contributed by atoms with E-state index in [1.807, 2.05) is 36.4 Å². The van der Waals surface area contributed by atoms with E-state index in [9.17, 15) is 0 Å². The predicted molar refractivity (Wildman–Crippen MR) is 92.8 cm³/mol. The van der Waals surface area contributed by atoms with Gasteiger partial charge in [0, 0.05) is 20.4 Å². The van der Waals surface area contributed by atoms with Crippen molar-refractivity contribution < 1.29 is 14.2 Å². The molecule has 0 radical (unpaired) electrons. The van der Waals surface area contributed by atoms with E-state index in [0.29, 0.717) is 11.5 Å². The van der Waals surface area contributed by atoms with E-state index >= 15 is 0 Å². The molecule has 0 saturated carbocycles. The molecule has 1 aromatic rings. The first-order chi connectivity index (χ1) is 11.8. The van der Waals surface area contributed by atoms with Gasteiger partial charge in [0.25, 0.3) is 0 Å². The lowest BCUT2D eigenvalue weighted by molar-refractivity contribution is -0.0628. The summed E-state index contributed by atoms with van der Waals surface area (Å²) in [5, 5.41) is 0. The molecule has 2 unspecified atom stereocenters. The molecule has 1 heterocycles. The van der Waals surface area contributed by atoms with Gasteiger partial charge in [-0.1, -0.05) is 36.0 Å². The highest BCUT2D eigenvalue weighted by molar-refractivity contribution is 5.42. The van der Waals surface area contributed by atoms with Gasteiger partial charge in [-0.15, -0.1) is 0 Å². The van der Waals surface area contributed by atoms with Gasteiger partial charge in [-0.25, -0.2) is 4.98 Å². The van der Waals surface area contributed by atoms with Gasteiger partial charge < -0.3 is 14.2 Å². The van der Waals surface area contributed by atoms with Gasteiger partial charge in [0.05, 0.1) is 7.11 Å². The molecule has 1 aliphatic carbocycles. The summed E-state index contributed by atoms with van der Waals surface area (Å²) in [5.74, 6) is 12.4. The van der Waals surface area contributed by atoms with Crippen LogP contribution in [0.25, 0.3) is 0 Å². The van der Waals surface area contributed by atoms with E-state index < -0.39 is 5.60 Å². The van der Waals surface area contributed by atoms with Crippen LogP contribution in [0.4, 0.5) is 0 Å². The molecule has 0 aromatic carbocycles. The molecule has 122 valence electrons. The Kier molecular flexibility index (Phi) is 6.40. The molecule has 0 N–H and O–H groups in total. The van der Waals surface area contributed by atoms with Crippen LogP contribution in [0, 0.1) is 23.7 Å². The fourth-order valence-corrected chi connectivity index (χ4v) is 2.29. The van der Waals surface area contributed by atoms with Crippen LogP contribution in [0.15, 0.2) is 60.5 Å². The standard InChI is InChI=1S/C20H19NO3/c1-22-18-13-10-14-19(23-2)20(18,24-3)15-8-5-4-6-11-17-12-7-9-16-21-17/h4-5,7,9-10,12-14,16,18H,1-3H3/b5-4-. The minimum absolute atomic E-state index is 0.358. The zero-order valence-corrected chi connectivity index (χ0v) is 13.9. The lowest BCUT2D eigenvalue weighted by Gasteiger charge is -2.35. The summed E-state index contributed by atoms with van der Waals surface area (Å²) in [6.45, 7) is 0. The Morgan fingerprint density at radius 1 is 1.17 bits per heavy atom. The highest BCUT2D eigenvalue weighted by atomic mass is 16.6. The number of hydrogen-bond acceptors (Lipinski definition) is 4. The van der Waals surface area contributed by atoms with Gasteiger partial charge >= 0.3 is 0 Å². The van der Waals surface area contributed by atoms with Crippen molar-refractivity contribution in [1.82, 2.24) is 4.98 Å². The smallest absolute Gasteiger partial charge is 0.215 e. The summed E-state index contributed by atoms with van der Waals surface area (Å²) < 4.78 is 16.5. The maximum atomic E-state index is 5.64. The van der Waals surface area contributed by atoms with Crippen molar-refractivity contribution in [2.24, 2.45) is 0 Å². The topological polar surface area (TPSA) is 40.6 Å². The average molecular weight is 321 g/mol. The number of aromatic nitrogens is 1. The highest BCUT2D eigenvalue weighted by Crippen LogP contribution is 2.31. The second-order valence-electron chi connectivity index (χ2n) is 4.80. The third kappa shape index (κ3) is 3.94. The first-order valence-electron chi connectivity index (χ1n) is 7.38.